The molecule has 0 heterocycles. The van der Waals surface area contributed by atoms with Gasteiger partial charge in [0.2, 0.25) is 5.60 Å². The van der Waals surface area contributed by atoms with Crippen LogP contribution in [-0.4, -0.2) is 31.6 Å². The first-order chi connectivity index (χ1) is 15.0. The third-order valence-electron chi connectivity index (χ3n) is 5.11. The van der Waals surface area contributed by atoms with Gasteiger partial charge in [0.05, 0.1) is 0 Å². The lowest BCUT2D eigenvalue weighted by atomic mass is 9.86. The molecule has 5 nitrogen and oxygen atoms in total. The van der Waals surface area contributed by atoms with Crippen molar-refractivity contribution in [3.63, 3.8) is 0 Å². The molecule has 0 bridgehead atoms. The second-order valence-corrected chi connectivity index (χ2v) is 7.13. The van der Waals surface area contributed by atoms with Crippen LogP contribution in [0.4, 0.5) is 5.69 Å². The largest absolute Gasteiger partial charge is 0.450 e. The minimum Gasteiger partial charge on any atom is -0.450 e. The van der Waals surface area contributed by atoms with Crippen molar-refractivity contribution < 1.29 is 19.1 Å². The highest BCUT2D eigenvalue weighted by atomic mass is 16.6. The van der Waals surface area contributed by atoms with Gasteiger partial charge in [-0.2, -0.15) is 0 Å². The topological polar surface area (TPSA) is 55.8 Å². The number of likely N-dealkylation sites (N-methyl/N-ethyl adjacent to an activating group) is 1. The minimum atomic E-state index is -1.48. The Morgan fingerprint density at radius 2 is 1.29 bits per heavy atom. The number of ether oxygens (including phenoxy) is 2. The number of nitrogens with zero attached hydrogens (tertiary/aromatic N) is 1. The number of amides is 1. The van der Waals surface area contributed by atoms with Gasteiger partial charge in [-0.25, -0.2) is 4.79 Å². The average Bonchev–Trinajstić information content (AvgIpc) is 2.83. The van der Waals surface area contributed by atoms with E-state index in [2.05, 4.69) is 0 Å². The Balaban J connectivity index is 1.94. The molecule has 0 radical (unpaired) electrons. The van der Waals surface area contributed by atoms with E-state index in [1.807, 2.05) is 97.9 Å². The minimum absolute atomic E-state index is 0.283. The molecule has 31 heavy (non-hydrogen) atoms. The number of carbonyl (C=O) groups excluding carboxylic acids is 2. The normalized spacial score (nSPS) is 12.1. The summed E-state index contributed by atoms with van der Waals surface area (Å²) < 4.78 is 11.8. The molecule has 0 aliphatic carbocycles. The van der Waals surface area contributed by atoms with Crippen LogP contribution in [0.2, 0.25) is 0 Å². The van der Waals surface area contributed by atoms with E-state index in [-0.39, 0.29) is 12.5 Å². The molecule has 0 saturated heterocycles. The van der Waals surface area contributed by atoms with Crippen molar-refractivity contribution in [2.45, 2.75) is 25.6 Å². The summed E-state index contributed by atoms with van der Waals surface area (Å²) in [6.07, 6.45) is -0.995. The van der Waals surface area contributed by atoms with E-state index < -0.39 is 17.7 Å². The van der Waals surface area contributed by atoms with Gasteiger partial charge in [-0.05, 0) is 37.1 Å². The molecule has 3 aromatic rings. The summed E-state index contributed by atoms with van der Waals surface area (Å²) in [6.45, 7) is 3.68. The summed E-state index contributed by atoms with van der Waals surface area (Å²) >= 11 is 0. The predicted octanol–water partition coefficient (Wildman–Crippen LogP) is 4.56. The van der Waals surface area contributed by atoms with E-state index in [4.69, 9.17) is 9.47 Å². The number of esters is 1. The Morgan fingerprint density at radius 3 is 1.74 bits per heavy atom. The monoisotopic (exact) mass is 417 g/mol. The molecule has 0 saturated carbocycles. The first-order valence-electron chi connectivity index (χ1n) is 10.3. The summed E-state index contributed by atoms with van der Waals surface area (Å²) in [6, 6.07) is 27.6. The van der Waals surface area contributed by atoms with Crippen LogP contribution in [0.15, 0.2) is 91.0 Å². The molecule has 3 rings (SSSR count). The van der Waals surface area contributed by atoms with Gasteiger partial charge in [0.15, 0.2) is 6.10 Å². The molecule has 0 N–H and O–H groups in total. The molecule has 1 atom stereocenters. The summed E-state index contributed by atoms with van der Waals surface area (Å²) in [5.74, 6) is -0.958. The molecule has 5 heteroatoms. The van der Waals surface area contributed by atoms with Crippen molar-refractivity contribution in [1.29, 1.82) is 0 Å². The van der Waals surface area contributed by atoms with Gasteiger partial charge in [-0.3, -0.25) is 4.79 Å². The number of hydrogen-bond acceptors (Lipinski definition) is 4. The van der Waals surface area contributed by atoms with Crippen molar-refractivity contribution >= 4 is 17.6 Å². The number of anilines is 1. The Labute approximate surface area is 183 Å². The zero-order valence-electron chi connectivity index (χ0n) is 18.0. The fourth-order valence-corrected chi connectivity index (χ4v) is 3.54. The van der Waals surface area contributed by atoms with Crippen LogP contribution >= 0.6 is 0 Å². The lowest BCUT2D eigenvalue weighted by Gasteiger charge is -2.33. The van der Waals surface area contributed by atoms with Crippen molar-refractivity contribution in [3.8, 4) is 0 Å². The van der Waals surface area contributed by atoms with E-state index in [9.17, 15) is 9.59 Å². The zero-order valence-corrected chi connectivity index (χ0v) is 18.0. The number of hydrogen-bond donors (Lipinski definition) is 0. The van der Waals surface area contributed by atoms with E-state index in [1.165, 1.54) is 4.90 Å². The summed E-state index contributed by atoms with van der Waals surface area (Å²) in [4.78, 5) is 28.0. The smallest absolute Gasteiger partial charge is 0.348 e. The lowest BCUT2D eigenvalue weighted by molar-refractivity contribution is -0.175. The second kappa shape index (κ2) is 10.0. The van der Waals surface area contributed by atoms with Crippen LogP contribution < -0.4 is 4.90 Å². The molecule has 0 aromatic heterocycles. The van der Waals surface area contributed by atoms with Crippen LogP contribution in [0, 0.1) is 0 Å². The van der Waals surface area contributed by atoms with Crippen molar-refractivity contribution in [1.82, 2.24) is 0 Å². The van der Waals surface area contributed by atoms with Crippen LogP contribution in [0.1, 0.15) is 25.0 Å². The summed E-state index contributed by atoms with van der Waals surface area (Å²) in [5.41, 5.74) is 0.530. The first-order valence-corrected chi connectivity index (χ1v) is 10.3. The van der Waals surface area contributed by atoms with Crippen molar-refractivity contribution in [3.05, 3.63) is 102 Å². The zero-order chi connectivity index (χ0) is 22.3. The predicted molar refractivity (Wildman–Crippen MR) is 121 cm³/mol. The van der Waals surface area contributed by atoms with E-state index in [0.29, 0.717) is 11.1 Å². The maximum Gasteiger partial charge on any atom is 0.348 e. The second-order valence-electron chi connectivity index (χ2n) is 7.13. The maximum atomic E-state index is 13.6. The number of para-hydroxylation sites is 1. The quantitative estimate of drug-likeness (QED) is 0.504. The van der Waals surface area contributed by atoms with Crippen LogP contribution in [0.3, 0.4) is 0 Å². The molecule has 0 aliphatic rings. The van der Waals surface area contributed by atoms with Crippen LogP contribution in [0.5, 0.6) is 0 Å². The number of rotatable bonds is 8. The maximum absolute atomic E-state index is 13.6. The molecule has 3 aromatic carbocycles. The molecule has 0 aliphatic heterocycles. The number of benzene rings is 3. The van der Waals surface area contributed by atoms with Gasteiger partial charge in [0, 0.05) is 19.3 Å². The van der Waals surface area contributed by atoms with Gasteiger partial charge in [0.1, 0.15) is 0 Å². The van der Waals surface area contributed by atoms with E-state index >= 15 is 0 Å². The molecule has 160 valence electrons. The number of carbonyl (C=O) groups is 2. The standard InChI is InChI=1S/C26H27NO4/c1-4-30-26(21-14-8-5-9-15-21,22-16-10-6-11-17-22)25(29)31-20(2)24(28)27(3)23-18-12-7-13-19-23/h5-20H,4H2,1-3H3/t20-/m1/s1. The van der Waals surface area contributed by atoms with Gasteiger partial charge in [-0.1, -0.05) is 78.9 Å². The van der Waals surface area contributed by atoms with Crippen molar-refractivity contribution in [2.75, 3.05) is 18.6 Å². The van der Waals surface area contributed by atoms with Crippen molar-refractivity contribution in [2.24, 2.45) is 0 Å². The van der Waals surface area contributed by atoms with Crippen LogP contribution in [-0.2, 0) is 24.7 Å². The highest BCUT2D eigenvalue weighted by molar-refractivity contribution is 5.97. The highest BCUT2D eigenvalue weighted by Crippen LogP contribution is 2.35. The average molecular weight is 418 g/mol. The van der Waals surface area contributed by atoms with Gasteiger partial charge >= 0.3 is 5.97 Å². The Hall–Kier alpha value is -3.44. The molecule has 0 unspecified atom stereocenters. The third-order valence-corrected chi connectivity index (χ3v) is 5.11. The Morgan fingerprint density at radius 1 is 0.839 bits per heavy atom. The fourth-order valence-electron chi connectivity index (χ4n) is 3.54. The summed E-state index contributed by atoms with van der Waals surface area (Å²) in [7, 11) is 1.66. The fraction of sp³-hybridized carbons (Fsp3) is 0.231. The lowest BCUT2D eigenvalue weighted by Crippen LogP contribution is -2.46. The van der Waals surface area contributed by atoms with Gasteiger partial charge in [0.25, 0.3) is 5.91 Å². The molecule has 0 spiro atoms. The van der Waals surface area contributed by atoms with Crippen LogP contribution in [0.25, 0.3) is 0 Å². The molecule has 0 fully saturated rings. The molecular weight excluding hydrogens is 390 g/mol. The molecule has 1 amide bonds. The molecular formula is C26H27NO4. The van der Waals surface area contributed by atoms with E-state index in [0.717, 1.165) is 5.69 Å². The van der Waals surface area contributed by atoms with E-state index in [1.54, 1.807) is 14.0 Å². The third kappa shape index (κ3) is 4.67. The van der Waals surface area contributed by atoms with Gasteiger partial charge in [-0.15, -0.1) is 0 Å². The highest BCUT2D eigenvalue weighted by Gasteiger charge is 2.46. The Kier molecular flexibility index (Phi) is 7.21. The van der Waals surface area contributed by atoms with Gasteiger partial charge < -0.3 is 14.4 Å². The Bertz CT molecular complexity index is 950. The summed E-state index contributed by atoms with van der Waals surface area (Å²) in [5, 5.41) is 0. The SMILES string of the molecule is CCOC(C(=O)O[C@H](C)C(=O)N(C)c1ccccc1)(c1ccccc1)c1ccccc1. The first kappa shape index (κ1) is 22.2.